The second-order valence-electron chi connectivity index (χ2n) is 2.64. The van der Waals surface area contributed by atoms with Gasteiger partial charge in [-0.3, -0.25) is 7.32 Å². The third-order valence-electron chi connectivity index (χ3n) is 1.66. The molecule has 2 aromatic rings. The van der Waals surface area contributed by atoms with Crippen LogP contribution in [0.3, 0.4) is 0 Å². The van der Waals surface area contributed by atoms with Crippen LogP contribution in [0.1, 0.15) is 0 Å². The predicted molar refractivity (Wildman–Crippen MR) is 49.7 cm³/mol. The monoisotopic (exact) mass is 304 g/mol. The smallest absolute Gasteiger partial charge is 0.907 e. The average molecular weight is 304 g/mol. The zero-order valence-corrected chi connectivity index (χ0v) is 19.8. The van der Waals surface area contributed by atoms with Crippen molar-refractivity contribution in [2.24, 2.45) is 0 Å². The molecule has 7 heteroatoms. The number of rotatable bonds is 0. The first-order valence-electron chi connectivity index (χ1n) is 4.11. The van der Waals surface area contributed by atoms with Crippen molar-refractivity contribution in [2.45, 2.75) is 0 Å². The summed E-state index contributed by atoms with van der Waals surface area (Å²) in [7, 11) is -2.92. The van der Waals surface area contributed by atoms with E-state index < -0.39 is 7.32 Å². The molecule has 0 aliphatic heterocycles. The Balaban J connectivity index is -0.000000252. The number of hydrogen-bond donors (Lipinski definition) is 0. The summed E-state index contributed by atoms with van der Waals surface area (Å²) < 4.78 is 0. The van der Waals surface area contributed by atoms with Crippen molar-refractivity contribution < 1.29 is 169 Å². The molecule has 0 N–H and O–H groups in total. The molecule has 3 nitrogen and oxygen atoms in total. The maximum Gasteiger partial charge on any atom is 1.00 e. The van der Waals surface area contributed by atoms with Gasteiger partial charge in [0.25, 0.3) is 0 Å². The fourth-order valence-corrected chi connectivity index (χ4v) is 1.13. The van der Waals surface area contributed by atoms with E-state index in [2.05, 4.69) is 48.5 Å². The molecule has 0 atom stereocenters. The summed E-state index contributed by atoms with van der Waals surface area (Å²) in [6.07, 6.45) is 0. The van der Waals surface area contributed by atoms with Crippen LogP contribution >= 0.6 is 0 Å². The van der Waals surface area contributed by atoms with Crippen molar-refractivity contribution in [3.05, 3.63) is 48.5 Å². The number of benzene rings is 2. The van der Waals surface area contributed by atoms with Crippen LogP contribution < -0.4 is 169 Å². The van der Waals surface area contributed by atoms with E-state index in [0.717, 1.165) is 0 Å². The van der Waals surface area contributed by atoms with E-state index in [4.69, 9.17) is 15.1 Å². The Kier molecular flexibility index (Phi) is 23.9. The van der Waals surface area contributed by atoms with Crippen LogP contribution in [0.2, 0.25) is 0 Å². The molecule has 0 fully saturated rings. The average Bonchev–Trinajstić information content (AvgIpc) is 2.17. The van der Waals surface area contributed by atoms with Crippen LogP contribution in [0, 0.1) is 0 Å². The maximum absolute atomic E-state index is 8.42. The summed E-state index contributed by atoms with van der Waals surface area (Å²) >= 11 is 0. The van der Waals surface area contributed by atoms with Crippen LogP contribution in [-0.4, -0.2) is 7.32 Å². The van der Waals surface area contributed by atoms with Gasteiger partial charge in [-0.15, -0.1) is 0 Å². The number of fused-ring (bicyclic) bond motifs is 1. The van der Waals surface area contributed by atoms with Crippen molar-refractivity contribution >= 4 is 18.1 Å². The third kappa shape index (κ3) is 13.0. The minimum absolute atomic E-state index is 0. The van der Waals surface area contributed by atoms with Gasteiger partial charge in [-0.05, 0) is 10.8 Å². The van der Waals surface area contributed by atoms with Gasteiger partial charge in [0.15, 0.2) is 0 Å². The molecule has 0 heterocycles. The van der Waals surface area contributed by atoms with Crippen molar-refractivity contribution in [3.8, 4) is 0 Å². The normalized spacial score (nSPS) is 7.47. The van der Waals surface area contributed by atoms with Crippen LogP contribution in [0.15, 0.2) is 48.5 Å². The molecular formula is C10H8BK3O3. The minimum Gasteiger partial charge on any atom is -0.907 e. The Morgan fingerprint density at radius 2 is 0.765 bits per heavy atom. The van der Waals surface area contributed by atoms with E-state index in [0.29, 0.717) is 0 Å². The summed E-state index contributed by atoms with van der Waals surface area (Å²) in [5.74, 6) is 0. The Morgan fingerprint density at radius 3 is 0.941 bits per heavy atom. The van der Waals surface area contributed by atoms with Gasteiger partial charge in [0.05, 0.1) is 0 Å². The Bertz CT molecular complexity index is 333. The van der Waals surface area contributed by atoms with Gasteiger partial charge in [-0.25, -0.2) is 0 Å². The molecule has 0 bridgehead atoms. The summed E-state index contributed by atoms with van der Waals surface area (Å²) in [5.41, 5.74) is 0. The van der Waals surface area contributed by atoms with Gasteiger partial charge in [0.1, 0.15) is 0 Å². The second-order valence-corrected chi connectivity index (χ2v) is 2.64. The van der Waals surface area contributed by atoms with E-state index in [9.17, 15) is 0 Å². The van der Waals surface area contributed by atoms with Crippen LogP contribution in [0.4, 0.5) is 0 Å². The zero-order chi connectivity index (χ0) is 10.4. The quantitative estimate of drug-likeness (QED) is 0.454. The minimum atomic E-state index is -2.92. The molecule has 0 radical (unpaired) electrons. The van der Waals surface area contributed by atoms with Gasteiger partial charge in [-0.2, -0.15) is 0 Å². The Morgan fingerprint density at radius 1 is 0.588 bits per heavy atom. The molecule has 2 aromatic carbocycles. The summed E-state index contributed by atoms with van der Waals surface area (Å²) in [5, 5.41) is 27.9. The van der Waals surface area contributed by atoms with E-state index in [-0.39, 0.29) is 154 Å². The van der Waals surface area contributed by atoms with Gasteiger partial charge in [0.2, 0.25) is 0 Å². The van der Waals surface area contributed by atoms with E-state index in [1.165, 1.54) is 10.8 Å². The van der Waals surface area contributed by atoms with Gasteiger partial charge in [-0.1, -0.05) is 48.5 Å². The first kappa shape index (κ1) is 25.5. The third-order valence-corrected chi connectivity index (χ3v) is 1.66. The van der Waals surface area contributed by atoms with Crippen LogP contribution in [0.5, 0.6) is 0 Å². The topological polar surface area (TPSA) is 69.2 Å². The molecule has 72 valence electrons. The fourth-order valence-electron chi connectivity index (χ4n) is 1.13. The fraction of sp³-hybridized carbons (Fsp3) is 0. The van der Waals surface area contributed by atoms with Crippen molar-refractivity contribution in [3.63, 3.8) is 0 Å². The molecule has 0 unspecified atom stereocenters. The summed E-state index contributed by atoms with van der Waals surface area (Å²) in [4.78, 5) is 0. The van der Waals surface area contributed by atoms with Crippen LogP contribution in [-0.2, 0) is 0 Å². The summed E-state index contributed by atoms with van der Waals surface area (Å²) in [6, 6.07) is 16.7. The predicted octanol–water partition coefficient (Wildman–Crippen LogP) is -10.1. The second kappa shape index (κ2) is 15.9. The molecule has 0 aliphatic carbocycles. The van der Waals surface area contributed by atoms with Crippen LogP contribution in [0.25, 0.3) is 10.8 Å². The molecule has 0 saturated heterocycles. The largest absolute Gasteiger partial charge is 1.00 e. The van der Waals surface area contributed by atoms with Gasteiger partial charge < -0.3 is 15.1 Å². The SMILES string of the molecule is [K+].[K+].[K+].[O-]B([O-])[O-].c1ccc2ccccc2c1. The van der Waals surface area contributed by atoms with E-state index in [1.807, 2.05) is 0 Å². The van der Waals surface area contributed by atoms with Gasteiger partial charge >= 0.3 is 154 Å². The number of hydrogen-bond acceptors (Lipinski definition) is 3. The molecule has 0 aliphatic rings. The van der Waals surface area contributed by atoms with Gasteiger partial charge in [0, 0.05) is 0 Å². The van der Waals surface area contributed by atoms with E-state index in [1.54, 1.807) is 0 Å². The van der Waals surface area contributed by atoms with Crippen molar-refractivity contribution in [1.29, 1.82) is 0 Å². The molecule has 2 rings (SSSR count). The standard InChI is InChI=1S/C10H8.BO3.3K/c1-2-6-10-8-4-3-7-9(10)5-1;2-1(3)4;;;/h1-8H;;;;/q;-3;3*+1. The molecule has 0 amide bonds. The zero-order valence-electron chi connectivity index (χ0n) is 10.4. The Hall–Kier alpha value is 3.55. The Labute approximate surface area is 229 Å². The van der Waals surface area contributed by atoms with E-state index >= 15 is 0 Å². The first-order chi connectivity index (χ1) is 6.70. The molecular weight excluding hydrogens is 296 g/mol. The summed E-state index contributed by atoms with van der Waals surface area (Å²) in [6.45, 7) is 0. The van der Waals surface area contributed by atoms with Crippen molar-refractivity contribution in [2.75, 3.05) is 0 Å². The molecule has 17 heavy (non-hydrogen) atoms. The molecule has 0 aromatic heterocycles. The maximum atomic E-state index is 8.42. The first-order valence-corrected chi connectivity index (χ1v) is 4.11. The molecule has 0 saturated carbocycles. The molecule has 0 spiro atoms. The van der Waals surface area contributed by atoms with Crippen molar-refractivity contribution in [1.82, 2.24) is 0 Å².